The second-order valence-electron chi connectivity index (χ2n) is 4.59. The molecule has 2 N–H and O–H groups in total. The first-order chi connectivity index (χ1) is 8.84. The summed E-state index contributed by atoms with van der Waals surface area (Å²) in [5, 5.41) is 6.11. The predicted octanol–water partition coefficient (Wildman–Crippen LogP) is 1.89. The molecule has 18 heavy (non-hydrogen) atoms. The normalized spacial score (nSPS) is 14.4. The van der Waals surface area contributed by atoms with E-state index in [4.69, 9.17) is 0 Å². The molecular formula is C14H20N2OS. The van der Waals surface area contributed by atoms with Gasteiger partial charge in [-0.1, -0.05) is 18.2 Å². The van der Waals surface area contributed by atoms with E-state index in [0.29, 0.717) is 6.54 Å². The van der Waals surface area contributed by atoms with Crippen LogP contribution in [0.1, 0.15) is 12.8 Å². The van der Waals surface area contributed by atoms with E-state index in [9.17, 15) is 4.79 Å². The molecule has 0 saturated heterocycles. The third-order valence-electron chi connectivity index (χ3n) is 2.86. The Morgan fingerprint density at radius 1 is 1.28 bits per heavy atom. The van der Waals surface area contributed by atoms with Gasteiger partial charge in [-0.15, -0.1) is 11.8 Å². The summed E-state index contributed by atoms with van der Waals surface area (Å²) in [5.74, 6) is 1.86. The molecule has 1 aromatic rings. The molecule has 1 fully saturated rings. The number of carbonyl (C=O) groups excluding carboxylic acids is 1. The zero-order valence-electron chi connectivity index (χ0n) is 10.5. The van der Waals surface area contributed by atoms with Gasteiger partial charge in [0.1, 0.15) is 0 Å². The molecule has 0 bridgehead atoms. The highest BCUT2D eigenvalue weighted by molar-refractivity contribution is 7.99. The smallest absolute Gasteiger partial charge is 0.233 e. The second-order valence-corrected chi connectivity index (χ2v) is 5.75. The Hall–Kier alpha value is -1.00. The summed E-state index contributed by atoms with van der Waals surface area (Å²) in [5.41, 5.74) is 0. The summed E-state index contributed by atoms with van der Waals surface area (Å²) < 4.78 is 0. The number of thioether (sulfide) groups is 1. The minimum Gasteiger partial charge on any atom is -0.355 e. The lowest BCUT2D eigenvalue weighted by Crippen LogP contribution is -2.35. The maximum absolute atomic E-state index is 11.4. The van der Waals surface area contributed by atoms with E-state index in [1.54, 1.807) is 11.8 Å². The van der Waals surface area contributed by atoms with E-state index in [1.165, 1.54) is 17.7 Å². The van der Waals surface area contributed by atoms with Gasteiger partial charge in [-0.3, -0.25) is 4.79 Å². The maximum Gasteiger partial charge on any atom is 0.233 e. The Morgan fingerprint density at radius 3 is 2.78 bits per heavy atom. The molecule has 0 heterocycles. The van der Waals surface area contributed by atoms with Gasteiger partial charge >= 0.3 is 0 Å². The fourth-order valence-corrected chi connectivity index (χ4v) is 2.43. The van der Waals surface area contributed by atoms with Crippen molar-refractivity contribution in [2.75, 3.05) is 25.4 Å². The molecule has 4 heteroatoms. The van der Waals surface area contributed by atoms with Gasteiger partial charge in [-0.2, -0.15) is 0 Å². The molecule has 1 aliphatic rings. The summed E-state index contributed by atoms with van der Waals surface area (Å²) in [6, 6.07) is 10.3. The Kier molecular flexibility index (Phi) is 5.55. The highest BCUT2D eigenvalue weighted by Gasteiger charge is 2.21. The average molecular weight is 264 g/mol. The zero-order valence-corrected chi connectivity index (χ0v) is 11.3. The van der Waals surface area contributed by atoms with Crippen LogP contribution in [-0.2, 0) is 4.79 Å². The summed E-state index contributed by atoms with van der Waals surface area (Å²) in [6.45, 7) is 2.15. The van der Waals surface area contributed by atoms with E-state index >= 15 is 0 Å². The molecule has 1 saturated carbocycles. The summed E-state index contributed by atoms with van der Waals surface area (Å²) in [4.78, 5) is 12.7. The number of amides is 1. The third kappa shape index (κ3) is 5.56. The fourth-order valence-electron chi connectivity index (χ4n) is 1.60. The van der Waals surface area contributed by atoms with Crippen LogP contribution in [0.15, 0.2) is 35.2 Å². The van der Waals surface area contributed by atoms with Crippen LogP contribution in [0.25, 0.3) is 0 Å². The molecule has 0 aromatic heterocycles. The fraction of sp³-hybridized carbons (Fsp3) is 0.500. The molecule has 0 atom stereocenters. The van der Waals surface area contributed by atoms with Gasteiger partial charge in [0.2, 0.25) is 5.91 Å². The van der Waals surface area contributed by atoms with Gasteiger partial charge in [-0.25, -0.2) is 0 Å². The van der Waals surface area contributed by atoms with Crippen molar-refractivity contribution in [3.8, 4) is 0 Å². The van der Waals surface area contributed by atoms with E-state index < -0.39 is 0 Å². The lowest BCUT2D eigenvalue weighted by atomic mass is 10.4. The van der Waals surface area contributed by atoms with Gasteiger partial charge in [-0.05, 0) is 30.9 Å². The quantitative estimate of drug-likeness (QED) is 0.556. The molecule has 0 aliphatic heterocycles. The highest BCUT2D eigenvalue weighted by Crippen LogP contribution is 2.27. The molecule has 2 rings (SSSR count). The summed E-state index contributed by atoms with van der Waals surface area (Å²) in [6.07, 6.45) is 2.56. The molecule has 0 unspecified atom stereocenters. The highest BCUT2D eigenvalue weighted by atomic mass is 32.2. The number of hydrogen-bond acceptors (Lipinski definition) is 3. The minimum atomic E-state index is 0.117. The Bertz CT molecular complexity index is 365. The van der Waals surface area contributed by atoms with E-state index in [-0.39, 0.29) is 5.91 Å². The van der Waals surface area contributed by atoms with Crippen LogP contribution in [0.4, 0.5) is 0 Å². The first kappa shape index (κ1) is 13.4. The topological polar surface area (TPSA) is 41.1 Å². The predicted molar refractivity (Wildman–Crippen MR) is 75.8 cm³/mol. The molecule has 3 nitrogen and oxygen atoms in total. The SMILES string of the molecule is O=C(CNCCSc1ccccc1)NCC1CC1. The molecule has 1 aliphatic carbocycles. The second kappa shape index (κ2) is 7.44. The van der Waals surface area contributed by atoms with E-state index in [1.807, 2.05) is 18.2 Å². The van der Waals surface area contributed by atoms with Gasteiger partial charge in [0.05, 0.1) is 6.54 Å². The van der Waals surface area contributed by atoms with Crippen LogP contribution in [0, 0.1) is 5.92 Å². The number of hydrogen-bond donors (Lipinski definition) is 2. The van der Waals surface area contributed by atoms with Crippen molar-refractivity contribution < 1.29 is 4.79 Å². The van der Waals surface area contributed by atoms with Crippen LogP contribution in [0.2, 0.25) is 0 Å². The van der Waals surface area contributed by atoms with Crippen molar-refractivity contribution in [2.45, 2.75) is 17.7 Å². The number of rotatable bonds is 8. The van der Waals surface area contributed by atoms with Gasteiger partial charge in [0, 0.05) is 23.7 Å². The van der Waals surface area contributed by atoms with Gasteiger partial charge < -0.3 is 10.6 Å². The van der Waals surface area contributed by atoms with Crippen molar-refractivity contribution in [3.63, 3.8) is 0 Å². The van der Waals surface area contributed by atoms with Crippen LogP contribution in [-0.4, -0.2) is 31.3 Å². The summed E-state index contributed by atoms with van der Waals surface area (Å²) in [7, 11) is 0. The van der Waals surface area contributed by atoms with Crippen molar-refractivity contribution in [1.82, 2.24) is 10.6 Å². The first-order valence-corrected chi connectivity index (χ1v) is 7.48. The van der Waals surface area contributed by atoms with Crippen LogP contribution in [0.5, 0.6) is 0 Å². The van der Waals surface area contributed by atoms with Gasteiger partial charge in [0.25, 0.3) is 0 Å². The van der Waals surface area contributed by atoms with Crippen molar-refractivity contribution in [1.29, 1.82) is 0 Å². The zero-order chi connectivity index (χ0) is 12.6. The number of benzene rings is 1. The Morgan fingerprint density at radius 2 is 2.06 bits per heavy atom. The molecule has 1 amide bonds. The third-order valence-corrected chi connectivity index (χ3v) is 3.87. The summed E-state index contributed by atoms with van der Waals surface area (Å²) >= 11 is 1.81. The van der Waals surface area contributed by atoms with Crippen molar-refractivity contribution >= 4 is 17.7 Å². The maximum atomic E-state index is 11.4. The molecule has 0 radical (unpaired) electrons. The lowest BCUT2D eigenvalue weighted by Gasteiger charge is -2.06. The van der Waals surface area contributed by atoms with Crippen LogP contribution in [0.3, 0.4) is 0 Å². The molecule has 1 aromatic carbocycles. The monoisotopic (exact) mass is 264 g/mol. The minimum absolute atomic E-state index is 0.117. The van der Waals surface area contributed by atoms with E-state index in [0.717, 1.165) is 24.8 Å². The van der Waals surface area contributed by atoms with Crippen LogP contribution >= 0.6 is 11.8 Å². The van der Waals surface area contributed by atoms with Crippen molar-refractivity contribution in [2.24, 2.45) is 5.92 Å². The van der Waals surface area contributed by atoms with Crippen LogP contribution < -0.4 is 10.6 Å². The Balaban J connectivity index is 1.46. The molecule has 98 valence electrons. The molecular weight excluding hydrogens is 244 g/mol. The standard InChI is InChI=1S/C14H20N2OS/c17-14(16-10-12-6-7-12)11-15-8-9-18-13-4-2-1-3-5-13/h1-5,12,15H,6-11H2,(H,16,17). The first-order valence-electron chi connectivity index (χ1n) is 6.50. The largest absolute Gasteiger partial charge is 0.355 e. The average Bonchev–Trinajstić information content (AvgIpc) is 3.21. The van der Waals surface area contributed by atoms with Crippen molar-refractivity contribution in [3.05, 3.63) is 30.3 Å². The van der Waals surface area contributed by atoms with Gasteiger partial charge in [0.15, 0.2) is 0 Å². The number of carbonyl (C=O) groups is 1. The lowest BCUT2D eigenvalue weighted by molar-refractivity contribution is -0.120. The number of nitrogens with one attached hydrogen (secondary N) is 2. The Labute approximate surface area is 113 Å². The molecule has 0 spiro atoms. The van der Waals surface area contributed by atoms with E-state index in [2.05, 4.69) is 22.8 Å².